The zero-order valence-corrected chi connectivity index (χ0v) is 21.3. The van der Waals surface area contributed by atoms with Crippen LogP contribution in [0.25, 0.3) is 10.9 Å². The Balaban J connectivity index is 1.37. The van der Waals surface area contributed by atoms with Crippen LogP contribution < -0.4 is 14.8 Å². The Morgan fingerprint density at radius 2 is 1.86 bits per heavy atom. The Morgan fingerprint density at radius 1 is 1.03 bits per heavy atom. The first kappa shape index (κ1) is 24.6. The molecular formula is C28H26N4O4S. The molecule has 1 saturated heterocycles. The van der Waals surface area contributed by atoms with Gasteiger partial charge in [-0.05, 0) is 48.9 Å². The second-order valence-electron chi connectivity index (χ2n) is 8.74. The number of ether oxygens (including phenoxy) is 2. The second kappa shape index (κ2) is 10.5. The minimum Gasteiger partial charge on any atom is -0.493 e. The summed E-state index contributed by atoms with van der Waals surface area (Å²) in [6.45, 7) is 0.942. The molecule has 0 amide bonds. The number of para-hydroxylation sites is 1. The number of nitrogens with one attached hydrogen (secondary N) is 1. The molecule has 8 nitrogen and oxygen atoms in total. The van der Waals surface area contributed by atoms with E-state index in [1.807, 2.05) is 66.7 Å². The molecule has 0 aliphatic carbocycles. The van der Waals surface area contributed by atoms with Gasteiger partial charge in [0.2, 0.25) is 10.0 Å². The van der Waals surface area contributed by atoms with Crippen molar-refractivity contribution in [1.29, 1.82) is 0 Å². The van der Waals surface area contributed by atoms with Crippen LogP contribution in [0.15, 0.2) is 73.1 Å². The second-order valence-corrected chi connectivity index (χ2v) is 10.7. The van der Waals surface area contributed by atoms with Gasteiger partial charge in [-0.1, -0.05) is 30.0 Å². The molecule has 0 radical (unpaired) electrons. The van der Waals surface area contributed by atoms with Gasteiger partial charge < -0.3 is 14.8 Å². The first-order valence-electron chi connectivity index (χ1n) is 11.8. The summed E-state index contributed by atoms with van der Waals surface area (Å²) in [5.41, 5.74) is 2.37. The van der Waals surface area contributed by atoms with E-state index in [4.69, 9.17) is 9.47 Å². The van der Waals surface area contributed by atoms with Crippen molar-refractivity contribution in [1.82, 2.24) is 14.3 Å². The summed E-state index contributed by atoms with van der Waals surface area (Å²) in [4.78, 5) is 8.82. The molecule has 0 bridgehead atoms. The number of anilines is 2. The van der Waals surface area contributed by atoms with Gasteiger partial charge in [-0.25, -0.2) is 22.7 Å². The van der Waals surface area contributed by atoms with Crippen LogP contribution in [-0.2, 0) is 10.0 Å². The maximum atomic E-state index is 11.8. The van der Waals surface area contributed by atoms with Gasteiger partial charge in [0.05, 0.1) is 18.9 Å². The normalized spacial score (nSPS) is 15.7. The third-order valence-electron chi connectivity index (χ3n) is 6.07. The molecule has 0 saturated carbocycles. The molecule has 188 valence electrons. The molecule has 9 heteroatoms. The maximum absolute atomic E-state index is 11.8. The van der Waals surface area contributed by atoms with Gasteiger partial charge in [0.25, 0.3) is 0 Å². The van der Waals surface area contributed by atoms with Crippen molar-refractivity contribution in [2.45, 2.75) is 6.42 Å². The lowest BCUT2D eigenvalue weighted by atomic mass is 10.1. The number of fused-ring (bicyclic) bond motifs is 1. The van der Waals surface area contributed by atoms with Crippen LogP contribution in [-0.4, -0.2) is 49.1 Å². The van der Waals surface area contributed by atoms with Gasteiger partial charge in [0.1, 0.15) is 17.9 Å². The number of nitrogens with zero attached hydrogens (tertiary/aromatic N) is 3. The topological polar surface area (TPSA) is 93.6 Å². The number of hydrogen-bond acceptors (Lipinski definition) is 7. The van der Waals surface area contributed by atoms with Gasteiger partial charge in [-0.2, -0.15) is 0 Å². The standard InChI is InChI=1S/C28H26N4O4S/c1-35-27-17-22(11-13-26(27)36-23-6-4-3-5-7-23)31-28-24-16-20(10-12-25(24)29-19-30-28)8-9-21-14-15-32(18-21)37(2,33)34/h3-7,10-13,16-17,19,21H,14-15,18H2,1-2H3,(H,29,30,31). The van der Waals surface area contributed by atoms with Crippen LogP contribution in [0.4, 0.5) is 11.5 Å². The zero-order chi connectivity index (χ0) is 25.8. The molecule has 1 atom stereocenters. The monoisotopic (exact) mass is 514 g/mol. The van der Waals surface area contributed by atoms with Gasteiger partial charge in [0.15, 0.2) is 11.5 Å². The van der Waals surface area contributed by atoms with Crippen LogP contribution >= 0.6 is 0 Å². The highest BCUT2D eigenvalue weighted by molar-refractivity contribution is 7.88. The lowest BCUT2D eigenvalue weighted by Gasteiger charge is -2.13. The molecule has 5 rings (SSSR count). The molecule has 1 unspecified atom stereocenters. The smallest absolute Gasteiger partial charge is 0.211 e. The summed E-state index contributed by atoms with van der Waals surface area (Å²) in [6.07, 6.45) is 3.48. The fraction of sp³-hybridized carbons (Fsp3) is 0.214. The number of sulfonamides is 1. The van der Waals surface area contributed by atoms with E-state index in [-0.39, 0.29) is 5.92 Å². The summed E-state index contributed by atoms with van der Waals surface area (Å²) in [5.74, 6) is 8.98. The molecule has 4 aromatic rings. The van der Waals surface area contributed by atoms with Gasteiger partial charge in [-0.15, -0.1) is 0 Å². The molecule has 1 aliphatic rings. The number of rotatable bonds is 6. The van der Waals surface area contributed by atoms with Crippen molar-refractivity contribution < 1.29 is 17.9 Å². The molecule has 3 aromatic carbocycles. The SMILES string of the molecule is COc1cc(Nc2ncnc3ccc(C#CC4CCN(S(C)(=O)=O)C4)cc23)ccc1Oc1ccccc1. The number of benzene rings is 3. The summed E-state index contributed by atoms with van der Waals surface area (Å²) >= 11 is 0. The van der Waals surface area contributed by atoms with Crippen LogP contribution in [0.2, 0.25) is 0 Å². The van der Waals surface area contributed by atoms with E-state index in [2.05, 4.69) is 27.1 Å². The van der Waals surface area contributed by atoms with E-state index in [0.29, 0.717) is 30.4 Å². The number of methoxy groups -OCH3 is 1. The molecule has 1 aliphatic heterocycles. The molecule has 1 N–H and O–H groups in total. The summed E-state index contributed by atoms with van der Waals surface area (Å²) in [6, 6.07) is 20.9. The molecule has 2 heterocycles. The summed E-state index contributed by atoms with van der Waals surface area (Å²) < 4.78 is 36.5. The van der Waals surface area contributed by atoms with Crippen molar-refractivity contribution >= 4 is 32.4 Å². The number of hydrogen-bond donors (Lipinski definition) is 1. The van der Waals surface area contributed by atoms with Gasteiger partial charge >= 0.3 is 0 Å². The van der Waals surface area contributed by atoms with E-state index < -0.39 is 10.0 Å². The van der Waals surface area contributed by atoms with E-state index in [1.165, 1.54) is 16.9 Å². The van der Waals surface area contributed by atoms with Crippen molar-refractivity contribution in [3.8, 4) is 29.1 Å². The highest BCUT2D eigenvalue weighted by Crippen LogP contribution is 2.35. The van der Waals surface area contributed by atoms with E-state index in [9.17, 15) is 8.42 Å². The van der Waals surface area contributed by atoms with Crippen LogP contribution in [0.5, 0.6) is 17.2 Å². The Morgan fingerprint density at radius 3 is 2.62 bits per heavy atom. The molecule has 0 spiro atoms. The molecular weight excluding hydrogens is 488 g/mol. The van der Waals surface area contributed by atoms with E-state index >= 15 is 0 Å². The maximum Gasteiger partial charge on any atom is 0.211 e. The first-order chi connectivity index (χ1) is 17.9. The van der Waals surface area contributed by atoms with Crippen LogP contribution in [0.3, 0.4) is 0 Å². The van der Waals surface area contributed by atoms with Crippen molar-refractivity contribution in [2.24, 2.45) is 5.92 Å². The van der Waals surface area contributed by atoms with Crippen molar-refractivity contribution in [3.63, 3.8) is 0 Å². The third kappa shape index (κ3) is 5.82. The predicted octanol–water partition coefficient (Wildman–Crippen LogP) is 4.81. The van der Waals surface area contributed by atoms with Crippen molar-refractivity contribution in [3.05, 3.63) is 78.6 Å². The average molecular weight is 515 g/mol. The highest BCUT2D eigenvalue weighted by atomic mass is 32.2. The first-order valence-corrected chi connectivity index (χ1v) is 13.6. The largest absolute Gasteiger partial charge is 0.493 e. The predicted molar refractivity (Wildman–Crippen MR) is 144 cm³/mol. The van der Waals surface area contributed by atoms with Crippen LogP contribution in [0, 0.1) is 17.8 Å². The van der Waals surface area contributed by atoms with Gasteiger partial charge in [0, 0.05) is 41.7 Å². The quantitative estimate of drug-likeness (QED) is 0.369. The highest BCUT2D eigenvalue weighted by Gasteiger charge is 2.27. The Labute approximate surface area is 216 Å². The lowest BCUT2D eigenvalue weighted by Crippen LogP contribution is -2.27. The Hall–Kier alpha value is -4.13. The minimum atomic E-state index is -3.18. The summed E-state index contributed by atoms with van der Waals surface area (Å²) in [5, 5.41) is 4.17. The number of aromatic nitrogens is 2. The zero-order valence-electron chi connectivity index (χ0n) is 20.5. The molecule has 1 aromatic heterocycles. The average Bonchev–Trinajstić information content (AvgIpc) is 3.39. The third-order valence-corrected chi connectivity index (χ3v) is 7.34. The minimum absolute atomic E-state index is 0.0131. The lowest BCUT2D eigenvalue weighted by molar-refractivity contribution is 0.379. The fourth-order valence-electron chi connectivity index (χ4n) is 4.15. The van der Waals surface area contributed by atoms with Crippen molar-refractivity contribution in [2.75, 3.05) is 31.8 Å². The Kier molecular flexibility index (Phi) is 6.95. The fourth-order valence-corrected chi connectivity index (χ4v) is 5.04. The van der Waals surface area contributed by atoms with Gasteiger partial charge in [-0.3, -0.25) is 0 Å². The summed E-state index contributed by atoms with van der Waals surface area (Å²) in [7, 11) is -1.58. The van der Waals surface area contributed by atoms with E-state index in [0.717, 1.165) is 34.3 Å². The van der Waals surface area contributed by atoms with E-state index in [1.54, 1.807) is 7.11 Å². The Bertz CT molecular complexity index is 1600. The molecule has 37 heavy (non-hydrogen) atoms. The molecule has 1 fully saturated rings. The van der Waals surface area contributed by atoms with Crippen LogP contribution in [0.1, 0.15) is 12.0 Å².